The van der Waals surface area contributed by atoms with E-state index in [4.69, 9.17) is 0 Å². The third-order valence-corrected chi connectivity index (χ3v) is 6.09. The van der Waals surface area contributed by atoms with Gasteiger partial charge in [-0.25, -0.2) is 13.1 Å². The molecule has 146 valence electrons. The summed E-state index contributed by atoms with van der Waals surface area (Å²) in [6, 6.07) is 11.6. The Hall–Kier alpha value is -2.77. The fourth-order valence-corrected chi connectivity index (χ4v) is 4.26. The Morgan fingerprint density at radius 1 is 1.11 bits per heavy atom. The molecule has 6 nitrogen and oxygen atoms in total. The van der Waals surface area contributed by atoms with Crippen molar-refractivity contribution in [3.63, 3.8) is 0 Å². The Kier molecular flexibility index (Phi) is 5.49. The molecule has 0 saturated carbocycles. The van der Waals surface area contributed by atoms with Crippen molar-refractivity contribution in [1.29, 1.82) is 0 Å². The zero-order valence-corrected chi connectivity index (χ0v) is 16.8. The van der Waals surface area contributed by atoms with Gasteiger partial charge < -0.3 is 4.98 Å². The summed E-state index contributed by atoms with van der Waals surface area (Å²) in [5.74, 6) is -0.203. The standard InChI is InChI=1S/C21H22N2O4S/c1-13-9-14(2)19-12-17(21(25)23-20(19)10-13)7-8-22-28(26,27)18-6-4-5-16(11-18)15(3)24/h4-6,9-12,22H,7-8H2,1-3H3,(H,23,25). The van der Waals surface area contributed by atoms with Crippen LogP contribution in [0.4, 0.5) is 0 Å². The molecule has 7 heteroatoms. The Morgan fingerprint density at radius 3 is 2.57 bits per heavy atom. The first-order chi connectivity index (χ1) is 13.2. The Balaban J connectivity index is 1.79. The summed E-state index contributed by atoms with van der Waals surface area (Å²) in [7, 11) is -3.77. The summed E-state index contributed by atoms with van der Waals surface area (Å²) < 4.78 is 27.5. The van der Waals surface area contributed by atoms with Gasteiger partial charge in [0.15, 0.2) is 5.78 Å². The highest BCUT2D eigenvalue weighted by Crippen LogP contribution is 2.18. The molecule has 0 amide bonds. The monoisotopic (exact) mass is 398 g/mol. The number of benzene rings is 2. The highest BCUT2D eigenvalue weighted by atomic mass is 32.2. The van der Waals surface area contributed by atoms with Crippen LogP contribution in [0, 0.1) is 13.8 Å². The molecular weight excluding hydrogens is 376 g/mol. The van der Waals surface area contributed by atoms with Crippen molar-refractivity contribution in [2.75, 3.05) is 6.54 Å². The number of carbonyl (C=O) groups is 1. The van der Waals surface area contributed by atoms with Crippen molar-refractivity contribution in [1.82, 2.24) is 9.71 Å². The number of aryl methyl sites for hydroxylation is 2. The van der Waals surface area contributed by atoms with Gasteiger partial charge in [0.1, 0.15) is 0 Å². The second-order valence-corrected chi connectivity index (χ2v) is 8.67. The van der Waals surface area contributed by atoms with Crippen LogP contribution in [-0.4, -0.2) is 25.7 Å². The molecule has 0 aliphatic carbocycles. The number of ketones is 1. The molecule has 1 heterocycles. The molecular formula is C21H22N2O4S. The number of hydrogen-bond acceptors (Lipinski definition) is 4. The van der Waals surface area contributed by atoms with Crippen LogP contribution in [0.2, 0.25) is 0 Å². The molecule has 0 saturated heterocycles. The van der Waals surface area contributed by atoms with Crippen molar-refractivity contribution in [3.8, 4) is 0 Å². The Morgan fingerprint density at radius 2 is 1.86 bits per heavy atom. The minimum absolute atomic E-state index is 0.0268. The lowest BCUT2D eigenvalue weighted by Crippen LogP contribution is -2.27. The van der Waals surface area contributed by atoms with E-state index in [9.17, 15) is 18.0 Å². The van der Waals surface area contributed by atoms with Gasteiger partial charge in [-0.1, -0.05) is 18.2 Å². The second kappa shape index (κ2) is 7.69. The first-order valence-corrected chi connectivity index (χ1v) is 10.4. The van der Waals surface area contributed by atoms with Crippen LogP contribution in [0.3, 0.4) is 0 Å². The van der Waals surface area contributed by atoms with E-state index >= 15 is 0 Å². The Labute approximate surface area is 163 Å². The van der Waals surface area contributed by atoms with Crippen molar-refractivity contribution < 1.29 is 13.2 Å². The second-order valence-electron chi connectivity index (χ2n) is 6.90. The average molecular weight is 398 g/mol. The fourth-order valence-electron chi connectivity index (χ4n) is 3.19. The molecule has 0 atom stereocenters. The first kappa shape index (κ1) is 20.0. The minimum atomic E-state index is -3.77. The highest BCUT2D eigenvalue weighted by molar-refractivity contribution is 7.89. The van der Waals surface area contributed by atoms with Crippen molar-refractivity contribution in [2.45, 2.75) is 32.1 Å². The molecule has 2 N–H and O–H groups in total. The van der Waals surface area contributed by atoms with Gasteiger partial charge in [0, 0.05) is 28.6 Å². The number of H-pyrrole nitrogens is 1. The zero-order valence-electron chi connectivity index (χ0n) is 16.0. The van der Waals surface area contributed by atoms with E-state index in [2.05, 4.69) is 9.71 Å². The number of aromatic amines is 1. The maximum Gasteiger partial charge on any atom is 0.251 e. The minimum Gasteiger partial charge on any atom is -0.322 e. The van der Waals surface area contributed by atoms with Crippen LogP contribution in [0.25, 0.3) is 10.9 Å². The molecule has 0 aliphatic heterocycles. The van der Waals surface area contributed by atoms with E-state index in [1.54, 1.807) is 6.07 Å². The highest BCUT2D eigenvalue weighted by Gasteiger charge is 2.15. The summed E-state index contributed by atoms with van der Waals surface area (Å²) in [6.45, 7) is 5.40. The molecule has 3 rings (SSSR count). The predicted octanol–water partition coefficient (Wildman–Crippen LogP) is 2.87. The molecule has 2 aromatic carbocycles. The molecule has 3 aromatic rings. The van der Waals surface area contributed by atoms with Gasteiger partial charge in [-0.05, 0) is 62.6 Å². The number of fused-ring (bicyclic) bond motifs is 1. The number of rotatable bonds is 6. The van der Waals surface area contributed by atoms with E-state index in [0.29, 0.717) is 11.1 Å². The number of Topliss-reactive ketones (excluding diaryl/α,β-unsaturated/α-hetero) is 1. The van der Waals surface area contributed by atoms with E-state index in [0.717, 1.165) is 22.0 Å². The van der Waals surface area contributed by atoms with Crippen molar-refractivity contribution in [3.05, 3.63) is 75.1 Å². The van der Waals surface area contributed by atoms with Crippen molar-refractivity contribution in [2.24, 2.45) is 0 Å². The van der Waals surface area contributed by atoms with Gasteiger partial charge >= 0.3 is 0 Å². The van der Waals surface area contributed by atoms with Crippen LogP contribution in [-0.2, 0) is 16.4 Å². The number of pyridine rings is 1. The SMILES string of the molecule is CC(=O)c1cccc(S(=O)(=O)NCCc2cc3c(C)cc(C)cc3[nH]c2=O)c1. The largest absolute Gasteiger partial charge is 0.322 e. The van der Waals surface area contributed by atoms with Gasteiger partial charge in [0.2, 0.25) is 10.0 Å². The lowest BCUT2D eigenvalue weighted by molar-refractivity contribution is 0.101. The number of carbonyl (C=O) groups excluding carboxylic acids is 1. The zero-order chi connectivity index (χ0) is 20.5. The van der Waals surface area contributed by atoms with E-state index in [1.807, 2.05) is 32.0 Å². The van der Waals surface area contributed by atoms with Crippen molar-refractivity contribution >= 4 is 26.7 Å². The topological polar surface area (TPSA) is 96.1 Å². The van der Waals surface area contributed by atoms with Gasteiger partial charge in [0.05, 0.1) is 4.90 Å². The third kappa shape index (κ3) is 4.21. The van der Waals surface area contributed by atoms with Crippen LogP contribution < -0.4 is 10.3 Å². The summed E-state index contributed by atoms with van der Waals surface area (Å²) in [5.41, 5.74) is 3.51. The third-order valence-electron chi connectivity index (χ3n) is 4.63. The molecule has 0 radical (unpaired) electrons. The number of aromatic nitrogens is 1. The molecule has 0 bridgehead atoms. The predicted molar refractivity (Wildman–Crippen MR) is 109 cm³/mol. The van der Waals surface area contributed by atoms with E-state index in [1.165, 1.54) is 25.1 Å². The number of hydrogen-bond donors (Lipinski definition) is 2. The molecule has 0 unspecified atom stereocenters. The quantitative estimate of drug-likeness (QED) is 0.624. The van der Waals surface area contributed by atoms with Crippen LogP contribution in [0.5, 0.6) is 0 Å². The summed E-state index contributed by atoms with van der Waals surface area (Å²) in [6.07, 6.45) is 0.254. The maximum atomic E-state index is 12.5. The van der Waals surface area contributed by atoms with Gasteiger partial charge in [-0.15, -0.1) is 0 Å². The smallest absolute Gasteiger partial charge is 0.251 e. The summed E-state index contributed by atoms with van der Waals surface area (Å²) in [4.78, 5) is 26.7. The normalized spacial score (nSPS) is 11.7. The van der Waals surface area contributed by atoms with Crippen LogP contribution >= 0.6 is 0 Å². The number of sulfonamides is 1. The molecule has 0 fully saturated rings. The van der Waals surface area contributed by atoms with Gasteiger partial charge in [0.25, 0.3) is 5.56 Å². The molecule has 0 aliphatic rings. The molecule has 1 aromatic heterocycles. The molecule has 28 heavy (non-hydrogen) atoms. The first-order valence-electron chi connectivity index (χ1n) is 8.91. The van der Waals surface area contributed by atoms with E-state index in [-0.39, 0.29) is 29.2 Å². The maximum absolute atomic E-state index is 12.5. The van der Waals surface area contributed by atoms with E-state index < -0.39 is 10.0 Å². The number of nitrogens with one attached hydrogen (secondary N) is 2. The van der Waals surface area contributed by atoms with Crippen LogP contribution in [0.1, 0.15) is 34.0 Å². The van der Waals surface area contributed by atoms with Crippen LogP contribution in [0.15, 0.2) is 52.2 Å². The Bertz CT molecular complexity index is 1230. The lowest BCUT2D eigenvalue weighted by Gasteiger charge is -2.09. The lowest BCUT2D eigenvalue weighted by atomic mass is 10.0. The summed E-state index contributed by atoms with van der Waals surface area (Å²) >= 11 is 0. The average Bonchev–Trinajstić information content (AvgIpc) is 2.62. The van der Waals surface area contributed by atoms with Gasteiger partial charge in [-0.3, -0.25) is 9.59 Å². The fraction of sp³-hybridized carbons (Fsp3) is 0.238. The van der Waals surface area contributed by atoms with Gasteiger partial charge in [-0.2, -0.15) is 0 Å². The molecule has 0 spiro atoms. The summed E-state index contributed by atoms with van der Waals surface area (Å²) in [5, 5.41) is 0.942.